The van der Waals surface area contributed by atoms with Crippen LogP contribution in [0.4, 0.5) is 0 Å². The lowest BCUT2D eigenvalue weighted by Crippen LogP contribution is -2.47. The van der Waals surface area contributed by atoms with Gasteiger partial charge in [0.1, 0.15) is 6.04 Å². The first-order valence-corrected chi connectivity index (χ1v) is 11.3. The molecule has 0 aliphatic carbocycles. The van der Waals surface area contributed by atoms with Gasteiger partial charge in [-0.15, -0.1) is 0 Å². The minimum absolute atomic E-state index is 0.0521. The summed E-state index contributed by atoms with van der Waals surface area (Å²) >= 11 is 5.86. The molecule has 0 saturated carbocycles. The quantitative estimate of drug-likeness (QED) is 0.556. The highest BCUT2D eigenvalue weighted by atomic mass is 35.5. The molecular weight excluding hydrogens is 420 g/mol. The first-order chi connectivity index (χ1) is 14.3. The first-order valence-electron chi connectivity index (χ1n) is 9.48. The van der Waals surface area contributed by atoms with Gasteiger partial charge in [0.25, 0.3) is 0 Å². The van der Waals surface area contributed by atoms with Gasteiger partial charge in [0.15, 0.2) is 0 Å². The average molecular weight is 443 g/mol. The fraction of sp³-hybridized carbons (Fsp3) is 0.174. The number of amides is 1. The molecule has 1 atom stereocenters. The number of hydrogen-bond donors (Lipinski definition) is 2. The predicted octanol–water partition coefficient (Wildman–Crippen LogP) is 3.85. The Hall–Kier alpha value is -2.67. The van der Waals surface area contributed by atoms with Crippen LogP contribution < -0.4 is 10.0 Å². The maximum absolute atomic E-state index is 12.9. The van der Waals surface area contributed by atoms with Crippen LogP contribution in [0.25, 0.3) is 0 Å². The summed E-state index contributed by atoms with van der Waals surface area (Å²) in [5.74, 6) is -0.392. The van der Waals surface area contributed by atoms with Crippen LogP contribution in [0.2, 0.25) is 5.02 Å². The van der Waals surface area contributed by atoms with Crippen molar-refractivity contribution in [3.05, 3.63) is 101 Å². The van der Waals surface area contributed by atoms with Gasteiger partial charge in [-0.2, -0.15) is 4.72 Å². The molecule has 0 bridgehead atoms. The second-order valence-electron chi connectivity index (χ2n) is 7.02. The monoisotopic (exact) mass is 442 g/mol. The van der Waals surface area contributed by atoms with Gasteiger partial charge in [0.2, 0.25) is 15.9 Å². The minimum atomic E-state index is -3.90. The van der Waals surface area contributed by atoms with Crippen LogP contribution in [-0.4, -0.2) is 20.4 Å². The van der Waals surface area contributed by atoms with Crippen molar-refractivity contribution in [1.29, 1.82) is 0 Å². The number of rotatable bonds is 8. The molecule has 30 heavy (non-hydrogen) atoms. The van der Waals surface area contributed by atoms with Gasteiger partial charge in [-0.1, -0.05) is 71.8 Å². The summed E-state index contributed by atoms with van der Waals surface area (Å²) in [4.78, 5) is 12.9. The van der Waals surface area contributed by atoms with E-state index >= 15 is 0 Å². The molecule has 0 aliphatic rings. The normalized spacial score (nSPS) is 12.3. The standard InChI is InChI=1S/C23H23ClN2O3S/c1-17-7-9-19(10-8-17)16-25-23(27)22(15-18-5-3-2-4-6-18)26-30(28,29)21-13-11-20(24)12-14-21/h2-14,22,26H,15-16H2,1H3,(H,25,27)/t22-/m1/s1. The van der Waals surface area contributed by atoms with Gasteiger partial charge in [-0.3, -0.25) is 4.79 Å². The molecule has 5 nitrogen and oxygen atoms in total. The number of nitrogens with one attached hydrogen (secondary N) is 2. The van der Waals surface area contributed by atoms with Gasteiger partial charge < -0.3 is 5.32 Å². The lowest BCUT2D eigenvalue weighted by Gasteiger charge is -2.19. The Morgan fingerprint density at radius 2 is 1.53 bits per heavy atom. The van der Waals surface area contributed by atoms with Crippen molar-refractivity contribution >= 4 is 27.5 Å². The fourth-order valence-corrected chi connectivity index (χ4v) is 4.25. The molecule has 0 saturated heterocycles. The molecule has 0 fully saturated rings. The van der Waals surface area contributed by atoms with E-state index in [-0.39, 0.29) is 11.3 Å². The summed E-state index contributed by atoms with van der Waals surface area (Å²) in [5.41, 5.74) is 2.92. The Bertz CT molecular complexity index is 1080. The van der Waals surface area contributed by atoms with Crippen LogP contribution in [0.15, 0.2) is 83.8 Å². The van der Waals surface area contributed by atoms with Crippen molar-refractivity contribution in [2.45, 2.75) is 30.8 Å². The molecule has 3 rings (SSSR count). The Morgan fingerprint density at radius 1 is 0.900 bits per heavy atom. The minimum Gasteiger partial charge on any atom is -0.351 e. The number of hydrogen-bond acceptors (Lipinski definition) is 3. The first kappa shape index (κ1) is 22.0. The number of aryl methyl sites for hydroxylation is 1. The number of carbonyl (C=O) groups is 1. The summed E-state index contributed by atoms with van der Waals surface area (Å²) in [6, 6.07) is 21.9. The van der Waals surface area contributed by atoms with Crippen LogP contribution in [-0.2, 0) is 27.8 Å². The van der Waals surface area contributed by atoms with Crippen LogP contribution in [0.5, 0.6) is 0 Å². The number of sulfonamides is 1. The maximum Gasteiger partial charge on any atom is 0.241 e. The van der Waals surface area contributed by atoms with Crippen molar-refractivity contribution in [3.63, 3.8) is 0 Å². The van der Waals surface area contributed by atoms with Gasteiger partial charge in [-0.25, -0.2) is 8.42 Å². The Labute approximate surface area is 182 Å². The van der Waals surface area contributed by atoms with Gasteiger partial charge >= 0.3 is 0 Å². The molecular formula is C23H23ClN2O3S. The van der Waals surface area contributed by atoms with Crippen molar-refractivity contribution in [1.82, 2.24) is 10.0 Å². The van der Waals surface area contributed by atoms with Crippen LogP contribution in [0.3, 0.4) is 0 Å². The molecule has 0 aromatic heterocycles. The van der Waals surface area contributed by atoms with E-state index in [0.29, 0.717) is 11.6 Å². The maximum atomic E-state index is 12.9. The third-order valence-electron chi connectivity index (χ3n) is 4.61. The highest BCUT2D eigenvalue weighted by Gasteiger charge is 2.26. The second-order valence-corrected chi connectivity index (χ2v) is 9.17. The molecule has 2 N–H and O–H groups in total. The van der Waals surface area contributed by atoms with Gasteiger partial charge in [0.05, 0.1) is 4.90 Å². The SMILES string of the molecule is Cc1ccc(CNC(=O)[C@@H](Cc2ccccc2)NS(=O)(=O)c2ccc(Cl)cc2)cc1. The van der Waals surface area contributed by atoms with Gasteiger partial charge in [0, 0.05) is 11.6 Å². The van der Waals surface area contributed by atoms with Crippen molar-refractivity contribution in [3.8, 4) is 0 Å². The molecule has 7 heteroatoms. The zero-order chi connectivity index (χ0) is 21.6. The number of benzene rings is 3. The van der Waals surface area contributed by atoms with Crippen LogP contribution >= 0.6 is 11.6 Å². The van der Waals surface area contributed by atoms with E-state index in [2.05, 4.69) is 10.0 Å². The largest absolute Gasteiger partial charge is 0.351 e. The molecule has 3 aromatic carbocycles. The average Bonchev–Trinajstić information content (AvgIpc) is 2.73. The number of halogens is 1. The van der Waals surface area contributed by atoms with Crippen LogP contribution in [0, 0.1) is 6.92 Å². The molecule has 3 aromatic rings. The third-order valence-corrected chi connectivity index (χ3v) is 6.35. The van der Waals surface area contributed by atoms with Crippen molar-refractivity contribution < 1.29 is 13.2 Å². The topological polar surface area (TPSA) is 75.3 Å². The van der Waals surface area contributed by atoms with E-state index in [9.17, 15) is 13.2 Å². The molecule has 0 spiro atoms. The number of carbonyl (C=O) groups excluding carboxylic acids is 1. The Balaban J connectivity index is 1.77. The van der Waals surface area contributed by atoms with E-state index in [1.807, 2.05) is 61.5 Å². The smallest absolute Gasteiger partial charge is 0.241 e. The highest BCUT2D eigenvalue weighted by Crippen LogP contribution is 2.15. The summed E-state index contributed by atoms with van der Waals surface area (Å²) in [6.07, 6.45) is 0.230. The van der Waals surface area contributed by atoms with E-state index in [1.165, 1.54) is 24.3 Å². The summed E-state index contributed by atoms with van der Waals surface area (Å²) in [7, 11) is -3.90. The van der Waals surface area contributed by atoms with Crippen molar-refractivity contribution in [2.75, 3.05) is 0 Å². The predicted molar refractivity (Wildman–Crippen MR) is 119 cm³/mol. The summed E-state index contributed by atoms with van der Waals surface area (Å²) in [6.45, 7) is 2.30. The fourth-order valence-electron chi connectivity index (χ4n) is 2.93. The summed E-state index contributed by atoms with van der Waals surface area (Å²) in [5, 5.41) is 3.27. The zero-order valence-electron chi connectivity index (χ0n) is 16.5. The molecule has 0 aliphatic heterocycles. The van der Waals surface area contributed by atoms with E-state index in [0.717, 1.165) is 16.7 Å². The van der Waals surface area contributed by atoms with Gasteiger partial charge in [-0.05, 0) is 48.7 Å². The molecule has 156 valence electrons. The molecule has 1 amide bonds. The third kappa shape index (κ3) is 6.16. The van der Waals surface area contributed by atoms with E-state index in [1.54, 1.807) is 0 Å². The van der Waals surface area contributed by atoms with Crippen LogP contribution in [0.1, 0.15) is 16.7 Å². The zero-order valence-corrected chi connectivity index (χ0v) is 18.1. The molecule has 0 unspecified atom stereocenters. The van der Waals surface area contributed by atoms with Crippen molar-refractivity contribution in [2.24, 2.45) is 0 Å². The van der Waals surface area contributed by atoms with E-state index in [4.69, 9.17) is 11.6 Å². The van der Waals surface area contributed by atoms with E-state index < -0.39 is 22.0 Å². The second kappa shape index (κ2) is 9.89. The Kier molecular flexibility index (Phi) is 7.26. The summed E-state index contributed by atoms with van der Waals surface area (Å²) < 4.78 is 28.2. The lowest BCUT2D eigenvalue weighted by atomic mass is 10.1. The lowest BCUT2D eigenvalue weighted by molar-refractivity contribution is -0.122. The molecule has 0 radical (unpaired) electrons. The molecule has 0 heterocycles. The Morgan fingerprint density at radius 3 is 2.17 bits per heavy atom. The highest BCUT2D eigenvalue weighted by molar-refractivity contribution is 7.89.